The molecule has 5 nitrogen and oxygen atoms in total. The summed E-state index contributed by atoms with van der Waals surface area (Å²) in [5.74, 6) is 1.41. The Balaban J connectivity index is 1.58. The molecule has 0 atom stereocenters. The Morgan fingerprint density at radius 3 is 2.48 bits per heavy atom. The zero-order chi connectivity index (χ0) is 19.1. The van der Waals surface area contributed by atoms with E-state index in [1.807, 2.05) is 30.7 Å². The van der Waals surface area contributed by atoms with Crippen LogP contribution in [0.3, 0.4) is 0 Å². The summed E-state index contributed by atoms with van der Waals surface area (Å²) in [6.45, 7) is 4.98. The smallest absolute Gasteiger partial charge is 0.223 e. The number of carbonyl (C=O) groups is 1. The van der Waals surface area contributed by atoms with Crippen molar-refractivity contribution in [1.29, 1.82) is 0 Å². The molecule has 1 fully saturated rings. The van der Waals surface area contributed by atoms with Crippen LogP contribution in [-0.4, -0.2) is 27.4 Å². The summed E-state index contributed by atoms with van der Waals surface area (Å²) in [4.78, 5) is 25.2. The number of nitrogens with one attached hydrogen (secondary N) is 1. The second-order valence-electron chi connectivity index (χ2n) is 7.53. The second-order valence-corrected chi connectivity index (χ2v) is 7.53. The molecule has 2 heterocycles. The Labute approximate surface area is 162 Å². The van der Waals surface area contributed by atoms with Crippen molar-refractivity contribution in [3.63, 3.8) is 0 Å². The van der Waals surface area contributed by atoms with Crippen LogP contribution in [0.15, 0.2) is 37.1 Å². The first-order chi connectivity index (χ1) is 13.2. The first-order valence-electron chi connectivity index (χ1n) is 10.2. The summed E-state index contributed by atoms with van der Waals surface area (Å²) in [6.07, 6.45) is 13.5. The normalized spacial score (nSPS) is 19.8. The fourth-order valence-electron chi connectivity index (χ4n) is 4.11. The van der Waals surface area contributed by atoms with Crippen LogP contribution in [0, 0.1) is 11.8 Å². The van der Waals surface area contributed by atoms with Gasteiger partial charge in [0.15, 0.2) is 0 Å². The Hall–Kier alpha value is -2.30. The van der Waals surface area contributed by atoms with Crippen LogP contribution in [0.4, 0.5) is 0 Å². The third kappa shape index (κ3) is 4.90. The molecule has 0 unspecified atom stereocenters. The van der Waals surface area contributed by atoms with Gasteiger partial charge >= 0.3 is 0 Å². The first kappa shape index (κ1) is 19.5. The maximum absolute atomic E-state index is 12.2. The number of carbonyl (C=O) groups excluding carboxylic acids is 1. The monoisotopic (exact) mass is 366 g/mol. The molecule has 2 aromatic heterocycles. The van der Waals surface area contributed by atoms with Crippen LogP contribution in [0.5, 0.6) is 0 Å². The molecule has 3 rings (SSSR count). The van der Waals surface area contributed by atoms with Crippen molar-refractivity contribution in [3.8, 4) is 11.1 Å². The quantitative estimate of drug-likeness (QED) is 0.790. The van der Waals surface area contributed by atoms with Gasteiger partial charge in [0.25, 0.3) is 0 Å². The van der Waals surface area contributed by atoms with E-state index in [1.54, 1.807) is 6.33 Å². The maximum Gasteiger partial charge on any atom is 0.223 e. The van der Waals surface area contributed by atoms with E-state index in [0.717, 1.165) is 61.9 Å². The number of nitrogens with zero attached hydrogens (tertiary/aromatic N) is 3. The molecule has 0 radical (unpaired) electrons. The van der Waals surface area contributed by atoms with Crippen LogP contribution in [0.25, 0.3) is 11.1 Å². The van der Waals surface area contributed by atoms with Gasteiger partial charge in [-0.15, -0.1) is 0 Å². The van der Waals surface area contributed by atoms with Gasteiger partial charge in [-0.3, -0.25) is 9.78 Å². The van der Waals surface area contributed by atoms with Gasteiger partial charge in [0.05, 0.1) is 5.69 Å². The van der Waals surface area contributed by atoms with Gasteiger partial charge in [-0.25, -0.2) is 9.97 Å². The largest absolute Gasteiger partial charge is 0.356 e. The Morgan fingerprint density at radius 1 is 1.11 bits per heavy atom. The van der Waals surface area contributed by atoms with E-state index in [9.17, 15) is 4.79 Å². The molecule has 2 aromatic rings. The predicted octanol–water partition coefficient (Wildman–Crippen LogP) is 4.36. The number of aromatic nitrogens is 3. The lowest BCUT2D eigenvalue weighted by Gasteiger charge is -2.29. The second kappa shape index (κ2) is 9.58. The fraction of sp³-hybridized carbons (Fsp3) is 0.545. The third-order valence-electron chi connectivity index (χ3n) is 5.89. The van der Waals surface area contributed by atoms with Gasteiger partial charge in [0.1, 0.15) is 6.33 Å². The first-order valence-corrected chi connectivity index (χ1v) is 10.2. The standard InChI is InChI=1S/C22H30N4O/c1-3-17(4-2)22(27)25-13-16-5-7-19(8-6-16)21-20(14-24-15-26-21)18-9-11-23-12-10-18/h9-12,14-17,19H,3-8,13H2,1-2H3,(H,25,27). The van der Waals surface area contributed by atoms with Gasteiger partial charge in [-0.2, -0.15) is 0 Å². The number of pyridine rings is 1. The highest BCUT2D eigenvalue weighted by Crippen LogP contribution is 2.38. The van der Waals surface area contributed by atoms with E-state index in [4.69, 9.17) is 0 Å². The van der Waals surface area contributed by atoms with Crippen molar-refractivity contribution in [1.82, 2.24) is 20.3 Å². The molecule has 1 saturated carbocycles. The lowest BCUT2D eigenvalue weighted by molar-refractivity contribution is -0.125. The van der Waals surface area contributed by atoms with Crippen molar-refractivity contribution in [3.05, 3.63) is 42.7 Å². The predicted molar refractivity (Wildman–Crippen MR) is 107 cm³/mol. The molecule has 0 spiro atoms. The molecule has 1 N–H and O–H groups in total. The number of hydrogen-bond acceptors (Lipinski definition) is 4. The zero-order valence-electron chi connectivity index (χ0n) is 16.4. The van der Waals surface area contributed by atoms with E-state index in [1.165, 1.54) is 0 Å². The average molecular weight is 367 g/mol. The third-order valence-corrected chi connectivity index (χ3v) is 5.89. The molecule has 1 aliphatic carbocycles. The van der Waals surface area contributed by atoms with E-state index in [0.29, 0.717) is 11.8 Å². The highest BCUT2D eigenvalue weighted by molar-refractivity contribution is 5.78. The molecule has 144 valence electrons. The van der Waals surface area contributed by atoms with Crippen LogP contribution in [-0.2, 0) is 4.79 Å². The van der Waals surface area contributed by atoms with Gasteiger partial charge in [0.2, 0.25) is 5.91 Å². The minimum Gasteiger partial charge on any atom is -0.356 e. The lowest BCUT2D eigenvalue weighted by Crippen LogP contribution is -2.35. The molecule has 0 aromatic carbocycles. The van der Waals surface area contributed by atoms with Crippen LogP contribution >= 0.6 is 0 Å². The van der Waals surface area contributed by atoms with Crippen molar-refractivity contribution in [2.45, 2.75) is 58.3 Å². The van der Waals surface area contributed by atoms with E-state index in [-0.39, 0.29) is 11.8 Å². The van der Waals surface area contributed by atoms with Crippen molar-refractivity contribution >= 4 is 5.91 Å². The Bertz CT molecular complexity index is 722. The highest BCUT2D eigenvalue weighted by Gasteiger charge is 2.26. The minimum absolute atomic E-state index is 0.158. The molecule has 27 heavy (non-hydrogen) atoms. The summed E-state index contributed by atoms with van der Waals surface area (Å²) in [5.41, 5.74) is 3.39. The van der Waals surface area contributed by atoms with Crippen molar-refractivity contribution in [2.75, 3.05) is 6.54 Å². The summed E-state index contributed by atoms with van der Waals surface area (Å²) < 4.78 is 0. The minimum atomic E-state index is 0.158. The average Bonchev–Trinajstić information content (AvgIpc) is 2.74. The van der Waals surface area contributed by atoms with Gasteiger partial charge in [-0.1, -0.05) is 13.8 Å². The highest BCUT2D eigenvalue weighted by atomic mass is 16.1. The summed E-state index contributed by atoms with van der Waals surface area (Å²) in [7, 11) is 0. The summed E-state index contributed by atoms with van der Waals surface area (Å²) >= 11 is 0. The number of rotatable bonds is 7. The van der Waals surface area contributed by atoms with Crippen LogP contribution < -0.4 is 5.32 Å². The number of hydrogen-bond donors (Lipinski definition) is 1. The SMILES string of the molecule is CCC(CC)C(=O)NCC1CCC(c2ncncc2-c2ccncc2)CC1. The summed E-state index contributed by atoms with van der Waals surface area (Å²) in [6, 6.07) is 4.03. The fourth-order valence-corrected chi connectivity index (χ4v) is 4.11. The van der Waals surface area contributed by atoms with Crippen LogP contribution in [0.1, 0.15) is 64.0 Å². The lowest BCUT2D eigenvalue weighted by atomic mass is 9.79. The zero-order valence-corrected chi connectivity index (χ0v) is 16.4. The molecule has 0 aliphatic heterocycles. The van der Waals surface area contributed by atoms with E-state index in [2.05, 4.69) is 34.1 Å². The maximum atomic E-state index is 12.2. The Kier molecular flexibility index (Phi) is 6.91. The van der Waals surface area contributed by atoms with Crippen molar-refractivity contribution < 1.29 is 4.79 Å². The van der Waals surface area contributed by atoms with E-state index >= 15 is 0 Å². The molecule has 1 aliphatic rings. The van der Waals surface area contributed by atoms with Crippen molar-refractivity contribution in [2.24, 2.45) is 11.8 Å². The van der Waals surface area contributed by atoms with Gasteiger partial charge in [-0.05, 0) is 62.1 Å². The number of amides is 1. The molecular formula is C22H30N4O. The summed E-state index contributed by atoms with van der Waals surface area (Å²) in [5, 5.41) is 3.17. The van der Waals surface area contributed by atoms with Crippen LogP contribution in [0.2, 0.25) is 0 Å². The molecular weight excluding hydrogens is 336 g/mol. The molecule has 0 bridgehead atoms. The Morgan fingerprint density at radius 2 is 1.81 bits per heavy atom. The molecule has 5 heteroatoms. The van der Waals surface area contributed by atoms with E-state index < -0.39 is 0 Å². The topological polar surface area (TPSA) is 67.8 Å². The van der Waals surface area contributed by atoms with Gasteiger partial charge in [0, 0.05) is 42.5 Å². The molecule has 0 saturated heterocycles. The van der Waals surface area contributed by atoms with Gasteiger partial charge < -0.3 is 5.32 Å². The molecule has 1 amide bonds.